The van der Waals surface area contributed by atoms with Crippen LogP contribution >= 0.6 is 0 Å². The van der Waals surface area contributed by atoms with Crippen LogP contribution in [0.1, 0.15) is 29.4 Å². The van der Waals surface area contributed by atoms with E-state index >= 15 is 0 Å². The number of esters is 1. The van der Waals surface area contributed by atoms with Gasteiger partial charge in [0.1, 0.15) is 12.4 Å². The lowest BCUT2D eigenvalue weighted by Crippen LogP contribution is -2.04. The van der Waals surface area contributed by atoms with Gasteiger partial charge < -0.3 is 13.9 Å². The van der Waals surface area contributed by atoms with E-state index in [0.29, 0.717) is 11.6 Å². The largest absolute Gasteiger partial charge is 0.469 e. The lowest BCUT2D eigenvalue weighted by molar-refractivity contribution is -0.139. The number of hydrogen-bond acceptors (Lipinski definition) is 5. The molecule has 98 valence electrons. The molecule has 2 aromatic rings. The van der Waals surface area contributed by atoms with E-state index in [1.165, 1.54) is 13.4 Å². The molecule has 0 saturated carbocycles. The molecule has 0 bridgehead atoms. The van der Waals surface area contributed by atoms with Crippen molar-refractivity contribution in [3.8, 4) is 0 Å². The molecule has 2 heterocycles. The van der Waals surface area contributed by atoms with Crippen LogP contribution in [-0.2, 0) is 20.7 Å². The van der Waals surface area contributed by atoms with Crippen molar-refractivity contribution >= 4 is 5.97 Å². The van der Waals surface area contributed by atoms with Gasteiger partial charge in [-0.1, -0.05) is 30.3 Å². The molecular formula is C14H13NO4. The summed E-state index contributed by atoms with van der Waals surface area (Å²) in [6.45, 7) is 0. The molecule has 1 aromatic heterocycles. The Kier molecular flexibility index (Phi) is 3.05. The van der Waals surface area contributed by atoms with Crippen LogP contribution in [0.2, 0.25) is 0 Å². The predicted octanol–water partition coefficient (Wildman–Crippen LogP) is 2.20. The van der Waals surface area contributed by atoms with Gasteiger partial charge in [0.25, 0.3) is 0 Å². The number of hydrogen-bond donors (Lipinski definition) is 0. The minimum absolute atomic E-state index is 0.00849. The standard InChI is InChI=1S/C14H13NO4/c1-17-11(16)7-10-8-18-14(15-10)13-12(19-13)9-5-3-2-4-6-9/h2-6,8,12-13H,7H2,1H3/t12-,13+/m0/s1. The van der Waals surface area contributed by atoms with Crippen LogP contribution in [0.5, 0.6) is 0 Å². The van der Waals surface area contributed by atoms with E-state index in [1.54, 1.807) is 0 Å². The van der Waals surface area contributed by atoms with Gasteiger partial charge >= 0.3 is 5.97 Å². The number of rotatable bonds is 4. The van der Waals surface area contributed by atoms with Gasteiger partial charge in [0.2, 0.25) is 5.89 Å². The average Bonchev–Trinajstić information content (AvgIpc) is 3.13. The van der Waals surface area contributed by atoms with Crippen LogP contribution in [0, 0.1) is 0 Å². The predicted molar refractivity (Wildman–Crippen MR) is 65.2 cm³/mol. The van der Waals surface area contributed by atoms with E-state index in [4.69, 9.17) is 9.15 Å². The van der Waals surface area contributed by atoms with Gasteiger partial charge in [0.05, 0.1) is 19.2 Å². The van der Waals surface area contributed by atoms with Crippen molar-refractivity contribution in [2.75, 3.05) is 7.11 Å². The summed E-state index contributed by atoms with van der Waals surface area (Å²) in [5.41, 5.74) is 1.66. The fourth-order valence-electron chi connectivity index (χ4n) is 1.95. The summed E-state index contributed by atoms with van der Waals surface area (Å²) in [6, 6.07) is 9.89. The van der Waals surface area contributed by atoms with Crippen molar-refractivity contribution in [1.29, 1.82) is 0 Å². The van der Waals surface area contributed by atoms with Gasteiger partial charge in [0, 0.05) is 0 Å². The van der Waals surface area contributed by atoms with Crippen molar-refractivity contribution in [3.63, 3.8) is 0 Å². The number of carbonyl (C=O) groups is 1. The van der Waals surface area contributed by atoms with Crippen LogP contribution in [0.3, 0.4) is 0 Å². The molecule has 0 N–H and O–H groups in total. The highest BCUT2D eigenvalue weighted by Crippen LogP contribution is 2.50. The second kappa shape index (κ2) is 4.85. The summed E-state index contributed by atoms with van der Waals surface area (Å²) in [5.74, 6) is 0.170. The highest BCUT2D eigenvalue weighted by atomic mass is 16.6. The van der Waals surface area contributed by atoms with Crippen molar-refractivity contribution in [2.45, 2.75) is 18.6 Å². The summed E-state index contributed by atoms with van der Waals surface area (Å²) in [7, 11) is 1.35. The minimum atomic E-state index is -0.337. The zero-order valence-corrected chi connectivity index (χ0v) is 10.4. The summed E-state index contributed by atoms with van der Waals surface area (Å²) in [5, 5.41) is 0. The van der Waals surface area contributed by atoms with Crippen LogP contribution in [-0.4, -0.2) is 18.1 Å². The molecule has 5 heteroatoms. The lowest BCUT2D eigenvalue weighted by Gasteiger charge is -1.93. The number of benzene rings is 1. The fourth-order valence-corrected chi connectivity index (χ4v) is 1.95. The Labute approximate surface area is 110 Å². The van der Waals surface area contributed by atoms with Gasteiger partial charge in [0.15, 0.2) is 6.10 Å². The summed E-state index contributed by atoms with van der Waals surface area (Å²) < 4.78 is 15.5. The number of ether oxygens (including phenoxy) is 2. The van der Waals surface area contributed by atoms with E-state index in [1.807, 2.05) is 30.3 Å². The molecular weight excluding hydrogens is 246 g/mol. The highest BCUT2D eigenvalue weighted by molar-refractivity contribution is 5.71. The first-order valence-electron chi connectivity index (χ1n) is 5.99. The number of aromatic nitrogens is 1. The van der Waals surface area contributed by atoms with Gasteiger partial charge in [-0.15, -0.1) is 0 Å². The third-order valence-electron chi connectivity index (χ3n) is 2.99. The molecule has 19 heavy (non-hydrogen) atoms. The van der Waals surface area contributed by atoms with E-state index < -0.39 is 0 Å². The van der Waals surface area contributed by atoms with E-state index in [0.717, 1.165) is 5.56 Å². The van der Waals surface area contributed by atoms with Gasteiger partial charge in [-0.2, -0.15) is 0 Å². The molecule has 0 spiro atoms. The second-order valence-corrected chi connectivity index (χ2v) is 4.32. The Morgan fingerprint density at radius 3 is 2.84 bits per heavy atom. The maximum Gasteiger partial charge on any atom is 0.311 e. The molecule has 1 fully saturated rings. The number of oxazole rings is 1. The van der Waals surface area contributed by atoms with Crippen LogP contribution in [0.4, 0.5) is 0 Å². The Bertz CT molecular complexity index is 578. The van der Waals surface area contributed by atoms with E-state index in [-0.39, 0.29) is 24.6 Å². The summed E-state index contributed by atoms with van der Waals surface area (Å²) in [6.07, 6.45) is 1.42. The topological polar surface area (TPSA) is 64.9 Å². The first-order chi connectivity index (χ1) is 9.28. The van der Waals surface area contributed by atoms with Crippen LogP contribution in [0.25, 0.3) is 0 Å². The first kappa shape index (κ1) is 11.9. The van der Waals surface area contributed by atoms with Crippen LogP contribution in [0.15, 0.2) is 41.0 Å². The molecule has 1 saturated heterocycles. The molecule has 5 nitrogen and oxygen atoms in total. The van der Waals surface area contributed by atoms with Crippen molar-refractivity contribution in [1.82, 2.24) is 4.98 Å². The summed E-state index contributed by atoms with van der Waals surface area (Å²) in [4.78, 5) is 15.4. The first-order valence-corrected chi connectivity index (χ1v) is 5.99. The van der Waals surface area contributed by atoms with E-state index in [2.05, 4.69) is 9.72 Å². The molecule has 2 atom stereocenters. The maximum atomic E-state index is 11.1. The van der Waals surface area contributed by atoms with Gasteiger partial charge in [-0.05, 0) is 5.56 Å². The monoisotopic (exact) mass is 259 g/mol. The number of epoxide rings is 1. The third kappa shape index (κ3) is 2.51. The molecule has 1 aliphatic heterocycles. The average molecular weight is 259 g/mol. The molecule has 0 unspecified atom stereocenters. The third-order valence-corrected chi connectivity index (χ3v) is 2.99. The normalized spacial score (nSPS) is 21.1. The van der Waals surface area contributed by atoms with Crippen LogP contribution < -0.4 is 0 Å². The summed E-state index contributed by atoms with van der Waals surface area (Å²) >= 11 is 0. The Morgan fingerprint density at radius 1 is 1.32 bits per heavy atom. The lowest BCUT2D eigenvalue weighted by atomic mass is 10.1. The molecule has 1 aliphatic rings. The fraction of sp³-hybridized carbons (Fsp3) is 0.286. The zero-order chi connectivity index (χ0) is 13.2. The van der Waals surface area contributed by atoms with Gasteiger partial charge in [-0.3, -0.25) is 4.79 Å². The Hall–Kier alpha value is -2.14. The number of methoxy groups -OCH3 is 1. The molecule has 1 aromatic carbocycles. The maximum absolute atomic E-state index is 11.1. The Morgan fingerprint density at radius 2 is 2.11 bits per heavy atom. The minimum Gasteiger partial charge on any atom is -0.469 e. The van der Waals surface area contributed by atoms with E-state index in [9.17, 15) is 4.79 Å². The number of nitrogens with zero attached hydrogens (tertiary/aromatic N) is 1. The molecule has 0 amide bonds. The number of carbonyl (C=O) groups excluding carboxylic acids is 1. The zero-order valence-electron chi connectivity index (χ0n) is 10.4. The van der Waals surface area contributed by atoms with Crippen molar-refractivity contribution < 1.29 is 18.7 Å². The van der Waals surface area contributed by atoms with Crippen molar-refractivity contribution in [3.05, 3.63) is 53.7 Å². The Balaban J connectivity index is 1.67. The van der Waals surface area contributed by atoms with Crippen molar-refractivity contribution in [2.24, 2.45) is 0 Å². The molecule has 0 radical (unpaired) electrons. The smallest absolute Gasteiger partial charge is 0.311 e. The quantitative estimate of drug-likeness (QED) is 0.622. The highest BCUT2D eigenvalue weighted by Gasteiger charge is 2.45. The molecule has 3 rings (SSSR count). The SMILES string of the molecule is COC(=O)Cc1coc([C@@H]2O[C@H]2c2ccccc2)n1. The second-order valence-electron chi connectivity index (χ2n) is 4.32. The molecule has 0 aliphatic carbocycles. The van der Waals surface area contributed by atoms with Gasteiger partial charge in [-0.25, -0.2) is 4.98 Å².